The fourth-order valence-electron chi connectivity index (χ4n) is 2.54. The Kier molecular flexibility index (Phi) is 3.03. The van der Waals surface area contributed by atoms with Crippen LogP contribution in [0.25, 0.3) is 0 Å². The maximum atomic E-state index is 10.5. The second-order valence-electron chi connectivity index (χ2n) is 5.40. The average molecular weight is 257 g/mol. The number of aliphatic hydroxyl groups excluding tert-OH is 1. The standard InChI is InChI=1S/C15H19N3O/c1-10(2)18-9-12(8-16-18)15(19)14-7-11-5-3-4-6-13(11)17-14/h3-6,8-10,14-15,17,19H,7H2,1-2H3. The molecule has 1 aliphatic rings. The van der Waals surface area contributed by atoms with Gasteiger partial charge in [-0.1, -0.05) is 18.2 Å². The van der Waals surface area contributed by atoms with Crippen molar-refractivity contribution in [1.82, 2.24) is 9.78 Å². The Morgan fingerprint density at radius 1 is 1.37 bits per heavy atom. The summed E-state index contributed by atoms with van der Waals surface area (Å²) < 4.78 is 1.88. The normalized spacial score (nSPS) is 19.3. The molecule has 2 N–H and O–H groups in total. The van der Waals surface area contributed by atoms with Crippen LogP contribution in [0.5, 0.6) is 0 Å². The number of aromatic nitrogens is 2. The Bertz CT molecular complexity index is 551. The molecule has 2 atom stereocenters. The highest BCUT2D eigenvalue weighted by atomic mass is 16.3. The maximum absolute atomic E-state index is 10.5. The molecule has 2 unspecified atom stereocenters. The van der Waals surface area contributed by atoms with Gasteiger partial charge in [-0.2, -0.15) is 5.10 Å². The molecule has 0 aliphatic carbocycles. The number of anilines is 1. The van der Waals surface area contributed by atoms with Gasteiger partial charge in [0.15, 0.2) is 0 Å². The van der Waals surface area contributed by atoms with E-state index >= 15 is 0 Å². The summed E-state index contributed by atoms with van der Waals surface area (Å²) in [6.07, 6.45) is 4.01. The highest BCUT2D eigenvalue weighted by molar-refractivity contribution is 5.57. The van der Waals surface area contributed by atoms with Gasteiger partial charge in [-0.15, -0.1) is 0 Å². The SMILES string of the molecule is CC(C)n1cc(C(O)C2Cc3ccccc3N2)cn1. The Morgan fingerprint density at radius 3 is 2.84 bits per heavy atom. The van der Waals surface area contributed by atoms with E-state index in [0.717, 1.165) is 17.7 Å². The predicted octanol–water partition coefficient (Wildman–Crippen LogP) is 2.53. The van der Waals surface area contributed by atoms with Crippen molar-refractivity contribution in [2.75, 3.05) is 5.32 Å². The first-order valence-electron chi connectivity index (χ1n) is 6.71. The fourth-order valence-corrected chi connectivity index (χ4v) is 2.54. The number of aliphatic hydroxyl groups is 1. The molecule has 0 radical (unpaired) electrons. The summed E-state index contributed by atoms with van der Waals surface area (Å²) in [4.78, 5) is 0. The zero-order valence-corrected chi connectivity index (χ0v) is 11.2. The first-order chi connectivity index (χ1) is 9.15. The summed E-state index contributed by atoms with van der Waals surface area (Å²) in [5.41, 5.74) is 3.27. The molecule has 0 bridgehead atoms. The third kappa shape index (κ3) is 2.24. The lowest BCUT2D eigenvalue weighted by Crippen LogP contribution is -2.24. The topological polar surface area (TPSA) is 50.1 Å². The lowest BCUT2D eigenvalue weighted by Gasteiger charge is -2.17. The molecule has 4 nitrogen and oxygen atoms in total. The average Bonchev–Trinajstić information content (AvgIpc) is 3.04. The maximum Gasteiger partial charge on any atom is 0.102 e. The number of para-hydroxylation sites is 1. The summed E-state index contributed by atoms with van der Waals surface area (Å²) >= 11 is 0. The predicted molar refractivity (Wildman–Crippen MR) is 75.1 cm³/mol. The van der Waals surface area contributed by atoms with Crippen LogP contribution in [0.3, 0.4) is 0 Å². The molecule has 0 fully saturated rings. The number of benzene rings is 1. The van der Waals surface area contributed by atoms with Gasteiger partial charge in [0.05, 0.1) is 12.2 Å². The quantitative estimate of drug-likeness (QED) is 0.888. The number of nitrogens with zero attached hydrogens (tertiary/aromatic N) is 2. The smallest absolute Gasteiger partial charge is 0.102 e. The molecule has 0 saturated carbocycles. The molecular weight excluding hydrogens is 238 g/mol. The van der Waals surface area contributed by atoms with Crippen molar-refractivity contribution < 1.29 is 5.11 Å². The molecule has 0 spiro atoms. The minimum Gasteiger partial charge on any atom is -0.386 e. The molecular formula is C15H19N3O. The molecule has 1 aliphatic heterocycles. The molecule has 0 amide bonds. The second-order valence-corrected chi connectivity index (χ2v) is 5.40. The van der Waals surface area contributed by atoms with Gasteiger partial charge >= 0.3 is 0 Å². The van der Waals surface area contributed by atoms with E-state index < -0.39 is 6.10 Å². The van der Waals surface area contributed by atoms with E-state index in [1.165, 1.54) is 5.56 Å². The first kappa shape index (κ1) is 12.2. The molecule has 2 heterocycles. The van der Waals surface area contributed by atoms with Crippen molar-refractivity contribution in [2.45, 2.75) is 38.5 Å². The van der Waals surface area contributed by atoms with Crippen molar-refractivity contribution in [3.63, 3.8) is 0 Å². The highest BCUT2D eigenvalue weighted by Gasteiger charge is 2.28. The van der Waals surface area contributed by atoms with Gasteiger partial charge in [-0.25, -0.2) is 0 Å². The number of fused-ring (bicyclic) bond motifs is 1. The van der Waals surface area contributed by atoms with Gasteiger partial charge in [0.25, 0.3) is 0 Å². The summed E-state index contributed by atoms with van der Waals surface area (Å²) in [6.45, 7) is 4.15. The Labute approximate surface area is 113 Å². The number of rotatable bonds is 3. The van der Waals surface area contributed by atoms with E-state index in [1.807, 2.05) is 23.0 Å². The van der Waals surface area contributed by atoms with E-state index in [1.54, 1.807) is 6.20 Å². The molecule has 0 saturated heterocycles. The van der Waals surface area contributed by atoms with Crippen LogP contribution in [-0.2, 0) is 6.42 Å². The lowest BCUT2D eigenvalue weighted by atomic mass is 10.0. The third-order valence-corrected chi connectivity index (χ3v) is 3.67. The van der Waals surface area contributed by atoms with Crippen molar-refractivity contribution in [1.29, 1.82) is 0 Å². The molecule has 19 heavy (non-hydrogen) atoms. The van der Waals surface area contributed by atoms with Gasteiger partial charge < -0.3 is 10.4 Å². The number of hydrogen-bond acceptors (Lipinski definition) is 3. The molecule has 1 aromatic heterocycles. The number of hydrogen-bond donors (Lipinski definition) is 2. The van der Waals surface area contributed by atoms with Gasteiger partial charge in [-0.3, -0.25) is 4.68 Å². The Balaban J connectivity index is 1.77. The van der Waals surface area contributed by atoms with Crippen LogP contribution in [0.4, 0.5) is 5.69 Å². The van der Waals surface area contributed by atoms with Crippen molar-refractivity contribution >= 4 is 5.69 Å². The van der Waals surface area contributed by atoms with E-state index in [-0.39, 0.29) is 6.04 Å². The fraction of sp³-hybridized carbons (Fsp3) is 0.400. The minimum absolute atomic E-state index is 0.0298. The van der Waals surface area contributed by atoms with Crippen LogP contribution in [0.1, 0.15) is 37.1 Å². The van der Waals surface area contributed by atoms with Crippen LogP contribution in [0.2, 0.25) is 0 Å². The zero-order valence-electron chi connectivity index (χ0n) is 11.2. The van der Waals surface area contributed by atoms with Gasteiger partial charge in [-0.05, 0) is 31.9 Å². The van der Waals surface area contributed by atoms with Crippen molar-refractivity contribution in [3.05, 3.63) is 47.8 Å². The Hall–Kier alpha value is -1.81. The van der Waals surface area contributed by atoms with Gasteiger partial charge in [0, 0.05) is 23.5 Å². The molecule has 4 heteroatoms. The largest absolute Gasteiger partial charge is 0.386 e. The highest BCUT2D eigenvalue weighted by Crippen LogP contribution is 2.31. The zero-order chi connectivity index (χ0) is 13.4. The summed E-state index contributed by atoms with van der Waals surface area (Å²) in [6, 6.07) is 8.55. The summed E-state index contributed by atoms with van der Waals surface area (Å²) in [7, 11) is 0. The molecule has 3 rings (SSSR count). The number of nitrogens with one attached hydrogen (secondary N) is 1. The van der Waals surface area contributed by atoms with E-state index in [4.69, 9.17) is 0 Å². The van der Waals surface area contributed by atoms with E-state index in [0.29, 0.717) is 6.04 Å². The second kappa shape index (κ2) is 4.70. The molecule has 1 aromatic carbocycles. The van der Waals surface area contributed by atoms with Crippen molar-refractivity contribution in [2.24, 2.45) is 0 Å². The van der Waals surface area contributed by atoms with Gasteiger partial charge in [0.1, 0.15) is 6.10 Å². The monoisotopic (exact) mass is 257 g/mol. The van der Waals surface area contributed by atoms with Crippen LogP contribution < -0.4 is 5.32 Å². The molecule has 100 valence electrons. The van der Waals surface area contributed by atoms with Crippen LogP contribution in [-0.4, -0.2) is 20.9 Å². The minimum atomic E-state index is -0.528. The van der Waals surface area contributed by atoms with E-state index in [2.05, 4.69) is 36.4 Å². The Morgan fingerprint density at radius 2 is 2.16 bits per heavy atom. The summed E-state index contributed by atoms with van der Waals surface area (Å²) in [5, 5.41) is 18.1. The van der Waals surface area contributed by atoms with E-state index in [9.17, 15) is 5.11 Å². The first-order valence-corrected chi connectivity index (χ1v) is 6.71. The van der Waals surface area contributed by atoms with Crippen LogP contribution in [0.15, 0.2) is 36.7 Å². The van der Waals surface area contributed by atoms with Crippen LogP contribution >= 0.6 is 0 Å². The van der Waals surface area contributed by atoms with Gasteiger partial charge in [0.2, 0.25) is 0 Å². The lowest BCUT2D eigenvalue weighted by molar-refractivity contribution is 0.156. The van der Waals surface area contributed by atoms with Crippen molar-refractivity contribution in [3.8, 4) is 0 Å². The third-order valence-electron chi connectivity index (χ3n) is 3.67. The van der Waals surface area contributed by atoms with Crippen LogP contribution in [0, 0.1) is 0 Å². The molecule has 2 aromatic rings. The summed E-state index contributed by atoms with van der Waals surface area (Å²) in [5.74, 6) is 0.